The molecule has 0 aromatic heterocycles. The first-order chi connectivity index (χ1) is 12.3. The van der Waals surface area contributed by atoms with Gasteiger partial charge in [0.1, 0.15) is 5.75 Å². The van der Waals surface area contributed by atoms with Gasteiger partial charge < -0.3 is 15.4 Å². The fourth-order valence-corrected chi connectivity index (χ4v) is 2.36. The molecule has 0 saturated heterocycles. The summed E-state index contributed by atoms with van der Waals surface area (Å²) in [5.41, 5.74) is 1.67. The second kappa shape index (κ2) is 8.55. The summed E-state index contributed by atoms with van der Waals surface area (Å²) in [5.74, 6) is 1.29. The van der Waals surface area contributed by atoms with Crippen molar-refractivity contribution in [2.75, 3.05) is 17.2 Å². The maximum atomic E-state index is 12.2. The molecule has 0 spiro atoms. The Morgan fingerprint density at radius 1 is 0.800 bits per heavy atom. The van der Waals surface area contributed by atoms with Crippen molar-refractivity contribution in [2.24, 2.45) is 0 Å². The number of hydrogen-bond donors (Lipinski definition) is 2. The summed E-state index contributed by atoms with van der Waals surface area (Å²) in [6.07, 6.45) is 0.370. The molecule has 25 heavy (non-hydrogen) atoms. The van der Waals surface area contributed by atoms with E-state index in [-0.39, 0.29) is 5.91 Å². The first-order valence-corrected chi connectivity index (χ1v) is 8.22. The molecule has 3 aromatic rings. The highest BCUT2D eigenvalue weighted by atomic mass is 16.5. The first-order valence-electron chi connectivity index (χ1n) is 8.22. The maximum absolute atomic E-state index is 12.2. The molecule has 0 unspecified atom stereocenters. The van der Waals surface area contributed by atoms with Gasteiger partial charge in [0.2, 0.25) is 5.91 Å². The van der Waals surface area contributed by atoms with E-state index in [1.807, 2.05) is 84.9 Å². The lowest BCUT2D eigenvalue weighted by Crippen LogP contribution is -2.16. The molecule has 3 rings (SSSR count). The van der Waals surface area contributed by atoms with Crippen LogP contribution in [0.15, 0.2) is 84.9 Å². The maximum Gasteiger partial charge on any atom is 0.226 e. The summed E-state index contributed by atoms with van der Waals surface area (Å²) < 4.78 is 5.85. The standard InChI is InChI=1S/C21H20N2O2/c24-21(15-16-22-17-9-3-1-4-10-17)23-19-13-7-8-14-20(19)25-18-11-5-2-6-12-18/h1-14,22H,15-16H2,(H,23,24). The van der Waals surface area contributed by atoms with E-state index in [9.17, 15) is 4.79 Å². The third-order valence-electron chi connectivity index (χ3n) is 3.59. The van der Waals surface area contributed by atoms with Gasteiger partial charge in [0.15, 0.2) is 5.75 Å². The number of anilines is 2. The minimum absolute atomic E-state index is 0.0625. The fraction of sp³-hybridized carbons (Fsp3) is 0.0952. The third kappa shape index (κ3) is 5.11. The quantitative estimate of drug-likeness (QED) is 0.646. The molecule has 0 radical (unpaired) electrons. The van der Waals surface area contributed by atoms with Gasteiger partial charge in [0.25, 0.3) is 0 Å². The van der Waals surface area contributed by atoms with Crippen molar-refractivity contribution in [3.05, 3.63) is 84.9 Å². The van der Waals surface area contributed by atoms with Gasteiger partial charge in [-0.05, 0) is 36.4 Å². The zero-order valence-corrected chi connectivity index (χ0v) is 13.8. The molecule has 0 saturated carbocycles. The van der Waals surface area contributed by atoms with E-state index in [1.54, 1.807) is 0 Å². The number of hydrogen-bond acceptors (Lipinski definition) is 3. The Morgan fingerprint density at radius 2 is 1.44 bits per heavy atom. The lowest BCUT2D eigenvalue weighted by Gasteiger charge is -2.12. The lowest BCUT2D eigenvalue weighted by molar-refractivity contribution is -0.116. The average Bonchev–Trinajstić information content (AvgIpc) is 2.65. The topological polar surface area (TPSA) is 50.4 Å². The number of benzene rings is 3. The van der Waals surface area contributed by atoms with E-state index in [2.05, 4.69) is 10.6 Å². The van der Waals surface area contributed by atoms with Crippen molar-refractivity contribution in [1.82, 2.24) is 0 Å². The average molecular weight is 332 g/mol. The Hall–Kier alpha value is -3.27. The summed E-state index contributed by atoms with van der Waals surface area (Å²) in [6, 6.07) is 26.7. The normalized spacial score (nSPS) is 10.1. The van der Waals surface area contributed by atoms with Crippen LogP contribution in [0.4, 0.5) is 11.4 Å². The van der Waals surface area contributed by atoms with E-state index in [4.69, 9.17) is 4.74 Å². The van der Waals surface area contributed by atoms with Gasteiger partial charge in [-0.1, -0.05) is 48.5 Å². The number of nitrogens with one attached hydrogen (secondary N) is 2. The van der Waals surface area contributed by atoms with Gasteiger partial charge in [0, 0.05) is 18.7 Å². The first kappa shape index (κ1) is 16.6. The van der Waals surface area contributed by atoms with E-state index < -0.39 is 0 Å². The monoisotopic (exact) mass is 332 g/mol. The van der Waals surface area contributed by atoms with Crippen LogP contribution >= 0.6 is 0 Å². The molecular formula is C21H20N2O2. The Labute approximate surface area is 147 Å². The predicted molar refractivity (Wildman–Crippen MR) is 101 cm³/mol. The van der Waals surface area contributed by atoms with Crippen LogP contribution in [0.5, 0.6) is 11.5 Å². The van der Waals surface area contributed by atoms with Gasteiger partial charge in [-0.3, -0.25) is 4.79 Å². The van der Waals surface area contributed by atoms with Crippen molar-refractivity contribution in [3.8, 4) is 11.5 Å². The molecule has 0 fully saturated rings. The number of ether oxygens (including phenoxy) is 1. The Morgan fingerprint density at radius 3 is 2.20 bits per heavy atom. The van der Waals surface area contributed by atoms with Crippen LogP contribution < -0.4 is 15.4 Å². The zero-order chi connectivity index (χ0) is 17.3. The smallest absolute Gasteiger partial charge is 0.226 e. The van der Waals surface area contributed by atoms with E-state index in [1.165, 1.54) is 0 Å². The van der Waals surface area contributed by atoms with Crippen molar-refractivity contribution >= 4 is 17.3 Å². The molecule has 2 N–H and O–H groups in total. The highest BCUT2D eigenvalue weighted by Crippen LogP contribution is 2.29. The summed E-state index contributed by atoms with van der Waals surface area (Å²) in [4.78, 5) is 12.2. The number of rotatable bonds is 7. The summed E-state index contributed by atoms with van der Waals surface area (Å²) in [5, 5.41) is 6.14. The van der Waals surface area contributed by atoms with Crippen molar-refractivity contribution in [2.45, 2.75) is 6.42 Å². The molecule has 4 heteroatoms. The Balaban J connectivity index is 1.56. The minimum Gasteiger partial charge on any atom is -0.455 e. The zero-order valence-electron chi connectivity index (χ0n) is 13.8. The minimum atomic E-state index is -0.0625. The predicted octanol–water partition coefficient (Wildman–Crippen LogP) is 4.92. The van der Waals surface area contributed by atoms with Crippen molar-refractivity contribution < 1.29 is 9.53 Å². The van der Waals surface area contributed by atoms with Gasteiger partial charge in [-0.25, -0.2) is 0 Å². The van der Waals surface area contributed by atoms with E-state index >= 15 is 0 Å². The van der Waals surface area contributed by atoms with Crippen LogP contribution in [-0.2, 0) is 4.79 Å². The Kier molecular flexibility index (Phi) is 5.67. The number of amides is 1. The van der Waals surface area contributed by atoms with E-state index in [0.717, 1.165) is 11.4 Å². The van der Waals surface area contributed by atoms with E-state index in [0.29, 0.717) is 24.4 Å². The molecule has 0 aliphatic rings. The largest absolute Gasteiger partial charge is 0.455 e. The lowest BCUT2D eigenvalue weighted by atomic mass is 10.2. The van der Waals surface area contributed by atoms with Crippen LogP contribution in [0.1, 0.15) is 6.42 Å². The highest BCUT2D eigenvalue weighted by molar-refractivity contribution is 5.92. The number of para-hydroxylation sites is 4. The molecule has 0 atom stereocenters. The number of carbonyl (C=O) groups is 1. The second-order valence-corrected chi connectivity index (χ2v) is 5.50. The molecule has 0 aliphatic carbocycles. The van der Waals surface area contributed by atoms with Gasteiger partial charge in [0.05, 0.1) is 5.69 Å². The summed E-state index contributed by atoms with van der Waals surface area (Å²) in [6.45, 7) is 0.567. The Bertz CT molecular complexity index is 804. The molecule has 0 bridgehead atoms. The fourth-order valence-electron chi connectivity index (χ4n) is 2.36. The molecule has 0 aliphatic heterocycles. The third-order valence-corrected chi connectivity index (χ3v) is 3.59. The summed E-state index contributed by atoms with van der Waals surface area (Å²) in [7, 11) is 0. The molecule has 3 aromatic carbocycles. The van der Waals surface area contributed by atoms with Gasteiger partial charge in [-0.15, -0.1) is 0 Å². The molecule has 0 heterocycles. The highest BCUT2D eigenvalue weighted by Gasteiger charge is 2.08. The van der Waals surface area contributed by atoms with Gasteiger partial charge >= 0.3 is 0 Å². The number of carbonyl (C=O) groups excluding carboxylic acids is 1. The summed E-state index contributed by atoms with van der Waals surface area (Å²) >= 11 is 0. The van der Waals surface area contributed by atoms with Crippen LogP contribution in [-0.4, -0.2) is 12.5 Å². The van der Waals surface area contributed by atoms with Crippen LogP contribution in [0.3, 0.4) is 0 Å². The van der Waals surface area contributed by atoms with Crippen molar-refractivity contribution in [1.29, 1.82) is 0 Å². The molecule has 1 amide bonds. The second-order valence-electron chi connectivity index (χ2n) is 5.50. The van der Waals surface area contributed by atoms with Gasteiger partial charge in [-0.2, -0.15) is 0 Å². The molecule has 126 valence electrons. The molecular weight excluding hydrogens is 312 g/mol. The molecule has 4 nitrogen and oxygen atoms in total. The van der Waals surface area contributed by atoms with Crippen LogP contribution in [0.2, 0.25) is 0 Å². The van der Waals surface area contributed by atoms with Crippen LogP contribution in [0, 0.1) is 0 Å². The SMILES string of the molecule is O=C(CCNc1ccccc1)Nc1ccccc1Oc1ccccc1. The van der Waals surface area contributed by atoms with Crippen LogP contribution in [0.25, 0.3) is 0 Å². The van der Waals surface area contributed by atoms with Crippen molar-refractivity contribution in [3.63, 3.8) is 0 Å².